The molecule has 1 nitrogen and oxygen atoms in total. The highest BCUT2D eigenvalue weighted by Crippen LogP contribution is 2.28. The summed E-state index contributed by atoms with van der Waals surface area (Å²) in [5, 5.41) is 0. The molecule has 0 aliphatic carbocycles. The molecule has 0 aliphatic rings. The minimum Gasteiger partial charge on any atom is -0.294 e. The fraction of sp³-hybridized carbons (Fsp3) is 0.467. The molecule has 0 radical (unpaired) electrons. The predicted molar refractivity (Wildman–Crippen MR) is 72.1 cm³/mol. The van der Waals surface area contributed by atoms with E-state index in [4.69, 9.17) is 0 Å². The minimum atomic E-state index is 0.575. The van der Waals surface area contributed by atoms with Crippen molar-refractivity contribution in [2.75, 3.05) is 14.1 Å². The van der Waals surface area contributed by atoms with E-state index in [9.17, 15) is 0 Å². The van der Waals surface area contributed by atoms with Crippen molar-refractivity contribution >= 4 is 5.70 Å². The van der Waals surface area contributed by atoms with Crippen molar-refractivity contribution in [2.24, 2.45) is 0 Å². The van der Waals surface area contributed by atoms with Crippen molar-refractivity contribution in [2.45, 2.75) is 33.7 Å². The number of quaternary nitrogens is 1. The van der Waals surface area contributed by atoms with E-state index in [0.717, 1.165) is 4.48 Å². The molecule has 0 fully saturated rings. The molecule has 0 aromatic heterocycles. The quantitative estimate of drug-likeness (QED) is 0.676. The van der Waals surface area contributed by atoms with Gasteiger partial charge in [-0.15, -0.1) is 0 Å². The van der Waals surface area contributed by atoms with Crippen LogP contribution in [0.25, 0.3) is 5.70 Å². The molecule has 0 saturated heterocycles. The Labute approximate surface area is 100.0 Å². The highest BCUT2D eigenvalue weighted by molar-refractivity contribution is 5.62. The van der Waals surface area contributed by atoms with Crippen LogP contribution in [0.5, 0.6) is 0 Å². The highest BCUT2D eigenvalue weighted by Gasteiger charge is 2.27. The number of hydrogen-bond donors (Lipinski definition) is 0. The third kappa shape index (κ3) is 2.35. The minimum absolute atomic E-state index is 0.575. The lowest BCUT2D eigenvalue weighted by Gasteiger charge is -2.36. The Morgan fingerprint density at radius 3 is 2.19 bits per heavy atom. The van der Waals surface area contributed by atoms with Gasteiger partial charge in [0.1, 0.15) is 5.70 Å². The molecule has 0 atom stereocenters. The van der Waals surface area contributed by atoms with Gasteiger partial charge in [0.15, 0.2) is 0 Å². The summed E-state index contributed by atoms with van der Waals surface area (Å²) in [6.07, 6.45) is 2.24. The largest absolute Gasteiger partial charge is 0.294 e. The van der Waals surface area contributed by atoms with Crippen LogP contribution in [0.1, 0.15) is 31.9 Å². The summed E-state index contributed by atoms with van der Waals surface area (Å²) >= 11 is 0. The van der Waals surface area contributed by atoms with Gasteiger partial charge in [-0.05, 0) is 45.4 Å². The van der Waals surface area contributed by atoms with E-state index in [0.29, 0.717) is 6.04 Å². The van der Waals surface area contributed by atoms with E-state index >= 15 is 0 Å². The third-order valence-electron chi connectivity index (χ3n) is 3.61. The second-order valence-corrected chi connectivity index (χ2v) is 5.12. The summed E-state index contributed by atoms with van der Waals surface area (Å²) in [5.74, 6) is 0. The number of benzene rings is 1. The van der Waals surface area contributed by atoms with E-state index in [2.05, 4.69) is 72.1 Å². The van der Waals surface area contributed by atoms with Gasteiger partial charge in [0.25, 0.3) is 0 Å². The molecule has 1 rings (SSSR count). The number of aryl methyl sites for hydroxylation is 1. The molecular formula is C15H24N+. The Hall–Kier alpha value is -1.08. The maximum Gasteiger partial charge on any atom is 0.135 e. The molecule has 1 heteroatoms. The first-order valence-electron chi connectivity index (χ1n) is 5.97. The second kappa shape index (κ2) is 4.84. The summed E-state index contributed by atoms with van der Waals surface area (Å²) < 4.78 is 0.918. The standard InChI is InChI=1S/C15H24N/c1-7-15(16(5,6)12(2)3)14-11-9-8-10-13(14)4/h7-12H,1-6H3/q+1/b15-7-. The highest BCUT2D eigenvalue weighted by atomic mass is 15.3. The van der Waals surface area contributed by atoms with Crippen LogP contribution in [0.4, 0.5) is 0 Å². The number of allylic oxidation sites excluding steroid dienone is 1. The Bertz CT molecular complexity index is 386. The zero-order valence-electron chi connectivity index (χ0n) is 11.4. The van der Waals surface area contributed by atoms with Gasteiger partial charge in [0.05, 0.1) is 20.1 Å². The van der Waals surface area contributed by atoms with Crippen molar-refractivity contribution < 1.29 is 4.48 Å². The molecule has 0 bridgehead atoms. The lowest BCUT2D eigenvalue weighted by molar-refractivity contribution is -0.841. The summed E-state index contributed by atoms with van der Waals surface area (Å²) in [5.41, 5.74) is 4.11. The molecule has 0 heterocycles. The second-order valence-electron chi connectivity index (χ2n) is 5.12. The van der Waals surface area contributed by atoms with Gasteiger partial charge in [-0.25, -0.2) is 0 Å². The lowest BCUT2D eigenvalue weighted by atomic mass is 10.0. The molecule has 88 valence electrons. The fourth-order valence-electron chi connectivity index (χ4n) is 1.94. The van der Waals surface area contributed by atoms with Gasteiger partial charge in [0, 0.05) is 5.56 Å². The molecule has 0 amide bonds. The number of hydrogen-bond acceptors (Lipinski definition) is 0. The van der Waals surface area contributed by atoms with Gasteiger partial charge >= 0.3 is 0 Å². The first-order chi connectivity index (χ1) is 7.41. The Kier molecular flexibility index (Phi) is 3.93. The first-order valence-corrected chi connectivity index (χ1v) is 5.97. The average Bonchev–Trinajstić information content (AvgIpc) is 2.21. The zero-order valence-corrected chi connectivity index (χ0v) is 11.4. The average molecular weight is 218 g/mol. The van der Waals surface area contributed by atoms with Crippen LogP contribution < -0.4 is 0 Å². The van der Waals surface area contributed by atoms with Crippen molar-refractivity contribution in [3.8, 4) is 0 Å². The van der Waals surface area contributed by atoms with E-state index < -0.39 is 0 Å². The smallest absolute Gasteiger partial charge is 0.135 e. The van der Waals surface area contributed by atoms with Crippen molar-refractivity contribution in [1.29, 1.82) is 0 Å². The summed E-state index contributed by atoms with van der Waals surface area (Å²) in [6, 6.07) is 9.19. The van der Waals surface area contributed by atoms with Crippen LogP contribution in [-0.4, -0.2) is 24.6 Å². The SMILES string of the molecule is C/C=C(/c1ccccc1C)[N+](C)(C)C(C)C. The molecule has 0 spiro atoms. The van der Waals surface area contributed by atoms with Gasteiger partial charge < -0.3 is 0 Å². The third-order valence-corrected chi connectivity index (χ3v) is 3.61. The molecule has 1 aromatic carbocycles. The zero-order chi connectivity index (χ0) is 12.3. The van der Waals surface area contributed by atoms with Gasteiger partial charge in [-0.3, -0.25) is 4.48 Å². The van der Waals surface area contributed by atoms with Crippen LogP contribution in [0, 0.1) is 6.92 Å². The monoisotopic (exact) mass is 218 g/mol. The van der Waals surface area contributed by atoms with Crippen molar-refractivity contribution in [1.82, 2.24) is 0 Å². The van der Waals surface area contributed by atoms with Crippen LogP contribution in [0.15, 0.2) is 30.3 Å². The number of nitrogens with zero attached hydrogens (tertiary/aromatic N) is 1. The first kappa shape index (κ1) is 13.0. The van der Waals surface area contributed by atoms with E-state index in [-0.39, 0.29) is 0 Å². The van der Waals surface area contributed by atoms with Gasteiger partial charge in [-0.1, -0.05) is 18.2 Å². The Balaban J connectivity index is 3.25. The summed E-state index contributed by atoms with van der Waals surface area (Å²) in [6.45, 7) is 8.84. The molecule has 1 aromatic rings. The van der Waals surface area contributed by atoms with Crippen molar-refractivity contribution in [3.63, 3.8) is 0 Å². The maximum absolute atomic E-state index is 2.27. The summed E-state index contributed by atoms with van der Waals surface area (Å²) in [7, 11) is 4.54. The molecule has 0 saturated carbocycles. The molecule has 16 heavy (non-hydrogen) atoms. The predicted octanol–water partition coefficient (Wildman–Crippen LogP) is 3.84. The molecule has 0 aliphatic heterocycles. The topological polar surface area (TPSA) is 0 Å². The van der Waals surface area contributed by atoms with Crippen molar-refractivity contribution in [3.05, 3.63) is 41.5 Å². The van der Waals surface area contributed by atoms with Crippen LogP contribution in [0.2, 0.25) is 0 Å². The molecule has 0 N–H and O–H groups in total. The van der Waals surface area contributed by atoms with E-state index in [1.807, 2.05) is 0 Å². The van der Waals surface area contributed by atoms with E-state index in [1.165, 1.54) is 16.8 Å². The number of rotatable bonds is 3. The lowest BCUT2D eigenvalue weighted by Crippen LogP contribution is -2.43. The Morgan fingerprint density at radius 2 is 1.75 bits per heavy atom. The fourth-order valence-corrected chi connectivity index (χ4v) is 1.94. The molecule has 0 unspecified atom stereocenters. The Morgan fingerprint density at radius 1 is 1.19 bits per heavy atom. The van der Waals surface area contributed by atoms with Crippen LogP contribution >= 0.6 is 0 Å². The van der Waals surface area contributed by atoms with Crippen LogP contribution in [-0.2, 0) is 0 Å². The normalized spacial score (nSPS) is 13.3. The summed E-state index contributed by atoms with van der Waals surface area (Å²) in [4.78, 5) is 0. The van der Waals surface area contributed by atoms with Crippen LogP contribution in [0.3, 0.4) is 0 Å². The van der Waals surface area contributed by atoms with E-state index in [1.54, 1.807) is 0 Å². The van der Waals surface area contributed by atoms with Gasteiger partial charge in [-0.2, -0.15) is 0 Å². The maximum atomic E-state index is 2.27. The van der Waals surface area contributed by atoms with Gasteiger partial charge in [0.2, 0.25) is 0 Å². The molecular weight excluding hydrogens is 194 g/mol.